The number of hydrogen-bond acceptors (Lipinski definition) is 2. The molecular weight excluding hydrogens is 316 g/mol. The van der Waals surface area contributed by atoms with E-state index >= 15 is 0 Å². The molecule has 2 aromatic rings. The number of rotatable bonds is 3. The first-order valence-corrected chi connectivity index (χ1v) is 7.93. The second-order valence-electron chi connectivity index (χ2n) is 5.61. The number of nitrogens with zero attached hydrogens (tertiary/aromatic N) is 3. The molecule has 2 heterocycles. The second-order valence-corrected chi connectivity index (χ2v) is 6.41. The van der Waals surface area contributed by atoms with Crippen molar-refractivity contribution >= 4 is 15.9 Å². The molecule has 1 N–H and O–H groups in total. The lowest BCUT2D eigenvalue weighted by Gasteiger charge is -2.21. The van der Waals surface area contributed by atoms with Crippen LogP contribution >= 0.6 is 15.9 Å². The van der Waals surface area contributed by atoms with Crippen LogP contribution in [0.2, 0.25) is 0 Å². The molecule has 20 heavy (non-hydrogen) atoms. The number of halogens is 1. The molecule has 1 atom stereocenters. The van der Waals surface area contributed by atoms with Crippen LogP contribution in [0.15, 0.2) is 16.9 Å². The smallest absolute Gasteiger partial charge is 0.0739 e. The van der Waals surface area contributed by atoms with Crippen LogP contribution in [-0.2, 0) is 20.0 Å². The molecule has 0 saturated carbocycles. The summed E-state index contributed by atoms with van der Waals surface area (Å²) in [6.07, 6.45) is 8.31. The van der Waals surface area contributed by atoms with E-state index in [1.54, 1.807) is 0 Å². The number of hydrogen-bond donors (Lipinski definition) is 1. The summed E-state index contributed by atoms with van der Waals surface area (Å²) in [7, 11) is 4.06. The first-order valence-electron chi connectivity index (χ1n) is 7.14. The molecule has 0 fully saturated rings. The Morgan fingerprint density at radius 1 is 1.45 bits per heavy atom. The lowest BCUT2D eigenvalue weighted by atomic mass is 9.91. The Kier molecular flexibility index (Phi) is 3.73. The highest BCUT2D eigenvalue weighted by Crippen LogP contribution is 2.31. The van der Waals surface area contributed by atoms with Gasteiger partial charge < -0.3 is 9.88 Å². The molecule has 0 saturated heterocycles. The molecule has 1 aliphatic carbocycles. The number of aromatic nitrogens is 3. The normalized spacial score (nSPS) is 18.3. The SMILES string of the molecule is CNC1CCCc2cn(Cc3c(Br)c(C)nn3C)cc21. The van der Waals surface area contributed by atoms with Crippen LogP contribution in [0.3, 0.4) is 0 Å². The van der Waals surface area contributed by atoms with Crippen LogP contribution in [0.4, 0.5) is 0 Å². The molecule has 1 unspecified atom stereocenters. The van der Waals surface area contributed by atoms with E-state index in [1.165, 1.54) is 36.1 Å². The molecule has 4 nitrogen and oxygen atoms in total. The van der Waals surface area contributed by atoms with E-state index in [1.807, 2.05) is 18.7 Å². The summed E-state index contributed by atoms with van der Waals surface area (Å²) in [5.74, 6) is 0. The molecule has 108 valence electrons. The van der Waals surface area contributed by atoms with Crippen molar-refractivity contribution in [2.75, 3.05) is 7.05 Å². The summed E-state index contributed by atoms with van der Waals surface area (Å²) in [5, 5.41) is 7.89. The maximum Gasteiger partial charge on any atom is 0.0739 e. The van der Waals surface area contributed by atoms with E-state index in [-0.39, 0.29) is 0 Å². The molecule has 0 aliphatic heterocycles. The second kappa shape index (κ2) is 5.37. The fourth-order valence-electron chi connectivity index (χ4n) is 3.16. The monoisotopic (exact) mass is 336 g/mol. The van der Waals surface area contributed by atoms with Crippen molar-refractivity contribution in [3.63, 3.8) is 0 Å². The summed E-state index contributed by atoms with van der Waals surface area (Å²) in [6.45, 7) is 2.90. The summed E-state index contributed by atoms with van der Waals surface area (Å²) < 4.78 is 5.38. The molecule has 0 aromatic carbocycles. The zero-order valence-corrected chi connectivity index (χ0v) is 13.9. The van der Waals surface area contributed by atoms with Gasteiger partial charge in [-0.25, -0.2) is 0 Å². The average molecular weight is 337 g/mol. The number of aryl methyl sites for hydroxylation is 3. The van der Waals surface area contributed by atoms with Crippen LogP contribution in [0.5, 0.6) is 0 Å². The quantitative estimate of drug-likeness (QED) is 0.935. The van der Waals surface area contributed by atoms with E-state index in [9.17, 15) is 0 Å². The summed E-state index contributed by atoms with van der Waals surface area (Å²) in [5.41, 5.74) is 5.22. The summed E-state index contributed by atoms with van der Waals surface area (Å²) >= 11 is 3.65. The van der Waals surface area contributed by atoms with Gasteiger partial charge in [-0.3, -0.25) is 4.68 Å². The van der Waals surface area contributed by atoms with Crippen molar-refractivity contribution in [2.24, 2.45) is 7.05 Å². The van der Waals surface area contributed by atoms with Crippen LogP contribution in [0.25, 0.3) is 0 Å². The third kappa shape index (κ3) is 2.33. The molecule has 2 aromatic heterocycles. The van der Waals surface area contributed by atoms with Crippen molar-refractivity contribution in [1.82, 2.24) is 19.7 Å². The highest BCUT2D eigenvalue weighted by Gasteiger charge is 2.21. The first-order chi connectivity index (χ1) is 9.60. The van der Waals surface area contributed by atoms with Gasteiger partial charge in [-0.05, 0) is 60.3 Å². The molecule has 0 amide bonds. The van der Waals surface area contributed by atoms with E-state index < -0.39 is 0 Å². The Labute approximate surface area is 128 Å². The van der Waals surface area contributed by atoms with Gasteiger partial charge in [0.1, 0.15) is 0 Å². The van der Waals surface area contributed by atoms with Gasteiger partial charge in [-0.15, -0.1) is 0 Å². The largest absolute Gasteiger partial charge is 0.348 e. The summed E-state index contributed by atoms with van der Waals surface area (Å²) in [4.78, 5) is 0. The topological polar surface area (TPSA) is 34.8 Å². The van der Waals surface area contributed by atoms with Crippen LogP contribution in [-0.4, -0.2) is 21.4 Å². The predicted octanol–water partition coefficient (Wildman–Crippen LogP) is 2.94. The van der Waals surface area contributed by atoms with Gasteiger partial charge in [0, 0.05) is 25.5 Å². The number of nitrogens with one attached hydrogen (secondary N) is 1. The van der Waals surface area contributed by atoms with Crippen LogP contribution < -0.4 is 5.32 Å². The van der Waals surface area contributed by atoms with Gasteiger partial charge in [0.15, 0.2) is 0 Å². The third-order valence-corrected chi connectivity index (χ3v) is 5.29. The zero-order chi connectivity index (χ0) is 14.3. The molecule has 0 spiro atoms. The fraction of sp³-hybridized carbons (Fsp3) is 0.533. The standard InChI is InChI=1S/C15H21BrN4/c1-10-15(16)14(19(3)18-10)9-20-7-11-5-4-6-13(17-2)12(11)8-20/h7-8,13,17H,4-6,9H2,1-3H3. The minimum Gasteiger partial charge on any atom is -0.348 e. The summed E-state index contributed by atoms with van der Waals surface area (Å²) in [6, 6.07) is 0.511. The molecule has 3 rings (SSSR count). The Bertz CT molecular complexity index is 626. The van der Waals surface area contributed by atoms with Crippen molar-refractivity contribution in [3.05, 3.63) is 39.4 Å². The van der Waals surface area contributed by atoms with Gasteiger partial charge >= 0.3 is 0 Å². The molecule has 0 bridgehead atoms. The molecular formula is C15H21BrN4. The van der Waals surface area contributed by atoms with Crippen LogP contribution in [0.1, 0.15) is 41.4 Å². The number of fused-ring (bicyclic) bond motifs is 1. The minimum atomic E-state index is 0.511. The Morgan fingerprint density at radius 3 is 2.90 bits per heavy atom. The predicted molar refractivity (Wildman–Crippen MR) is 83.9 cm³/mol. The Hall–Kier alpha value is -1.07. The zero-order valence-electron chi connectivity index (χ0n) is 12.3. The van der Waals surface area contributed by atoms with Crippen molar-refractivity contribution < 1.29 is 0 Å². The lowest BCUT2D eigenvalue weighted by Crippen LogP contribution is -2.20. The van der Waals surface area contributed by atoms with E-state index in [0.717, 1.165) is 16.7 Å². The van der Waals surface area contributed by atoms with Crippen molar-refractivity contribution in [2.45, 2.75) is 38.8 Å². The van der Waals surface area contributed by atoms with Gasteiger partial charge in [0.25, 0.3) is 0 Å². The Morgan fingerprint density at radius 2 is 2.25 bits per heavy atom. The average Bonchev–Trinajstić information content (AvgIpc) is 2.94. The van der Waals surface area contributed by atoms with Gasteiger partial charge in [0.2, 0.25) is 0 Å². The van der Waals surface area contributed by atoms with Gasteiger partial charge in [-0.1, -0.05) is 0 Å². The van der Waals surface area contributed by atoms with Gasteiger partial charge in [0.05, 0.1) is 22.4 Å². The van der Waals surface area contributed by atoms with Gasteiger partial charge in [-0.2, -0.15) is 5.10 Å². The van der Waals surface area contributed by atoms with E-state index in [2.05, 4.69) is 50.4 Å². The maximum atomic E-state index is 4.46. The van der Waals surface area contributed by atoms with Crippen molar-refractivity contribution in [3.8, 4) is 0 Å². The van der Waals surface area contributed by atoms with E-state index in [0.29, 0.717) is 6.04 Å². The van der Waals surface area contributed by atoms with Crippen LogP contribution in [0, 0.1) is 6.92 Å². The van der Waals surface area contributed by atoms with Crippen molar-refractivity contribution in [1.29, 1.82) is 0 Å². The lowest BCUT2D eigenvalue weighted by molar-refractivity contribution is 0.498. The molecule has 1 aliphatic rings. The first kappa shape index (κ1) is 13.9. The third-order valence-electron chi connectivity index (χ3n) is 4.25. The highest BCUT2D eigenvalue weighted by atomic mass is 79.9. The Balaban J connectivity index is 1.91. The fourth-order valence-corrected chi connectivity index (χ4v) is 3.63. The highest BCUT2D eigenvalue weighted by molar-refractivity contribution is 9.10. The molecule has 5 heteroatoms. The van der Waals surface area contributed by atoms with E-state index in [4.69, 9.17) is 0 Å². The molecule has 0 radical (unpaired) electrons. The maximum absolute atomic E-state index is 4.46. The minimum absolute atomic E-state index is 0.511.